The molecule has 0 aliphatic carbocycles. The van der Waals surface area contributed by atoms with Gasteiger partial charge in [-0.15, -0.1) is 0 Å². The first-order chi connectivity index (χ1) is 6.69. The van der Waals surface area contributed by atoms with Crippen LogP contribution in [0.2, 0.25) is 0 Å². The zero-order valence-electron chi connectivity index (χ0n) is 7.80. The van der Waals surface area contributed by atoms with Crippen LogP contribution in [0.3, 0.4) is 0 Å². The molecule has 0 aromatic carbocycles. The van der Waals surface area contributed by atoms with Crippen molar-refractivity contribution in [2.24, 2.45) is 0 Å². The minimum atomic E-state index is -0.109. The number of rotatable bonds is 4. The van der Waals surface area contributed by atoms with Crippen LogP contribution >= 0.6 is 31.9 Å². The zero-order valence-corrected chi connectivity index (χ0v) is 11.0. The normalized spacial score (nSPS) is 12.9. The standard InChI is InChI=1S/C9H12Br2N2O/c1-2-12-8(5-14)9-7(11)3-6(10)4-13-9/h3-4,8,12,14H,2,5H2,1H3. The van der Waals surface area contributed by atoms with E-state index in [2.05, 4.69) is 42.2 Å². The molecule has 0 saturated heterocycles. The van der Waals surface area contributed by atoms with Crippen LogP contribution in [-0.4, -0.2) is 23.2 Å². The number of hydrogen-bond acceptors (Lipinski definition) is 3. The molecule has 14 heavy (non-hydrogen) atoms. The Morgan fingerprint density at radius 3 is 2.79 bits per heavy atom. The predicted octanol–water partition coefficient (Wildman–Crippen LogP) is 2.25. The molecule has 1 aromatic heterocycles. The summed E-state index contributed by atoms with van der Waals surface area (Å²) in [6.07, 6.45) is 1.72. The SMILES string of the molecule is CCNC(CO)c1ncc(Br)cc1Br. The zero-order chi connectivity index (χ0) is 10.6. The maximum Gasteiger partial charge on any atom is 0.0741 e. The smallest absolute Gasteiger partial charge is 0.0741 e. The van der Waals surface area contributed by atoms with Crippen molar-refractivity contribution >= 4 is 31.9 Å². The number of pyridine rings is 1. The van der Waals surface area contributed by atoms with E-state index >= 15 is 0 Å². The first-order valence-corrected chi connectivity index (χ1v) is 5.92. The Balaban J connectivity index is 2.92. The maximum absolute atomic E-state index is 9.17. The van der Waals surface area contributed by atoms with E-state index in [1.54, 1.807) is 6.20 Å². The molecule has 78 valence electrons. The first-order valence-electron chi connectivity index (χ1n) is 4.34. The van der Waals surface area contributed by atoms with Gasteiger partial charge in [-0.3, -0.25) is 4.98 Å². The van der Waals surface area contributed by atoms with Gasteiger partial charge >= 0.3 is 0 Å². The Morgan fingerprint density at radius 1 is 1.57 bits per heavy atom. The quantitative estimate of drug-likeness (QED) is 0.893. The van der Waals surface area contributed by atoms with Gasteiger partial charge in [-0.2, -0.15) is 0 Å². The summed E-state index contributed by atoms with van der Waals surface area (Å²) in [5.41, 5.74) is 0.831. The first kappa shape index (κ1) is 12.1. The lowest BCUT2D eigenvalue weighted by Crippen LogP contribution is -2.25. The van der Waals surface area contributed by atoms with Crippen molar-refractivity contribution in [1.29, 1.82) is 0 Å². The van der Waals surface area contributed by atoms with Crippen LogP contribution in [0.4, 0.5) is 0 Å². The van der Waals surface area contributed by atoms with E-state index in [1.807, 2.05) is 13.0 Å². The molecule has 0 saturated carbocycles. The second-order valence-corrected chi connectivity index (χ2v) is 4.58. The summed E-state index contributed by atoms with van der Waals surface area (Å²) in [6.45, 7) is 2.84. The van der Waals surface area contributed by atoms with Crippen LogP contribution in [0.25, 0.3) is 0 Å². The molecule has 1 heterocycles. The molecule has 1 atom stereocenters. The summed E-state index contributed by atoms with van der Waals surface area (Å²) in [4.78, 5) is 4.25. The lowest BCUT2D eigenvalue weighted by molar-refractivity contribution is 0.243. The molecular weight excluding hydrogens is 312 g/mol. The fourth-order valence-electron chi connectivity index (χ4n) is 1.18. The van der Waals surface area contributed by atoms with Crippen molar-refractivity contribution < 1.29 is 5.11 Å². The van der Waals surface area contributed by atoms with Gasteiger partial charge in [0.15, 0.2) is 0 Å². The van der Waals surface area contributed by atoms with E-state index in [1.165, 1.54) is 0 Å². The van der Waals surface area contributed by atoms with E-state index in [4.69, 9.17) is 5.11 Å². The Morgan fingerprint density at radius 2 is 2.29 bits per heavy atom. The highest BCUT2D eigenvalue weighted by Crippen LogP contribution is 2.24. The lowest BCUT2D eigenvalue weighted by Gasteiger charge is -2.15. The number of hydrogen-bond donors (Lipinski definition) is 2. The molecule has 0 bridgehead atoms. The van der Waals surface area contributed by atoms with Gasteiger partial charge in [-0.05, 0) is 44.5 Å². The van der Waals surface area contributed by atoms with Crippen LogP contribution < -0.4 is 5.32 Å². The fraction of sp³-hybridized carbons (Fsp3) is 0.444. The molecule has 5 heteroatoms. The van der Waals surface area contributed by atoms with Gasteiger partial charge < -0.3 is 10.4 Å². The monoisotopic (exact) mass is 322 g/mol. The average Bonchev–Trinajstić information content (AvgIpc) is 2.15. The summed E-state index contributed by atoms with van der Waals surface area (Å²) >= 11 is 6.75. The van der Waals surface area contributed by atoms with E-state index in [0.717, 1.165) is 21.2 Å². The van der Waals surface area contributed by atoms with Gasteiger partial charge in [0.2, 0.25) is 0 Å². The summed E-state index contributed by atoms with van der Waals surface area (Å²) < 4.78 is 1.81. The van der Waals surface area contributed by atoms with Crippen molar-refractivity contribution in [1.82, 2.24) is 10.3 Å². The second-order valence-electron chi connectivity index (χ2n) is 2.81. The molecule has 0 radical (unpaired) electrons. The van der Waals surface area contributed by atoms with E-state index < -0.39 is 0 Å². The molecule has 1 unspecified atom stereocenters. The minimum absolute atomic E-state index is 0.0427. The molecular formula is C9H12Br2N2O. The van der Waals surface area contributed by atoms with Crippen LogP contribution in [0, 0.1) is 0 Å². The minimum Gasteiger partial charge on any atom is -0.394 e. The molecule has 2 N–H and O–H groups in total. The van der Waals surface area contributed by atoms with Gasteiger partial charge in [0, 0.05) is 15.1 Å². The maximum atomic E-state index is 9.17. The molecule has 0 spiro atoms. The third-order valence-corrected chi connectivity index (χ3v) is 2.87. The van der Waals surface area contributed by atoms with Crippen LogP contribution in [0.1, 0.15) is 18.7 Å². The molecule has 0 amide bonds. The van der Waals surface area contributed by atoms with Crippen molar-refractivity contribution in [2.75, 3.05) is 13.2 Å². The molecule has 3 nitrogen and oxygen atoms in total. The molecule has 0 aliphatic rings. The Hall–Kier alpha value is 0.0300. The Kier molecular flexibility index (Phi) is 5.01. The Labute approximate surface area is 100 Å². The number of aromatic nitrogens is 1. The summed E-state index contributed by atoms with van der Waals surface area (Å²) in [5.74, 6) is 0. The largest absolute Gasteiger partial charge is 0.394 e. The van der Waals surface area contributed by atoms with Crippen LogP contribution in [-0.2, 0) is 0 Å². The summed E-state index contributed by atoms with van der Waals surface area (Å²) in [6, 6.07) is 1.81. The lowest BCUT2D eigenvalue weighted by atomic mass is 10.2. The van der Waals surface area contributed by atoms with E-state index in [0.29, 0.717) is 0 Å². The van der Waals surface area contributed by atoms with Crippen molar-refractivity contribution in [3.8, 4) is 0 Å². The predicted molar refractivity (Wildman–Crippen MR) is 63.1 cm³/mol. The molecule has 1 rings (SSSR count). The number of aliphatic hydroxyl groups excluding tert-OH is 1. The van der Waals surface area contributed by atoms with Gasteiger partial charge in [0.25, 0.3) is 0 Å². The number of nitrogens with one attached hydrogen (secondary N) is 1. The second kappa shape index (κ2) is 5.80. The Bertz CT molecular complexity index is 307. The third kappa shape index (κ3) is 3.02. The number of likely N-dealkylation sites (N-methyl/N-ethyl adjacent to an activating group) is 1. The van der Waals surface area contributed by atoms with Crippen molar-refractivity contribution in [2.45, 2.75) is 13.0 Å². The molecule has 0 fully saturated rings. The number of halogens is 2. The van der Waals surface area contributed by atoms with Crippen molar-refractivity contribution in [3.63, 3.8) is 0 Å². The van der Waals surface area contributed by atoms with E-state index in [-0.39, 0.29) is 12.6 Å². The van der Waals surface area contributed by atoms with Gasteiger partial charge in [0.05, 0.1) is 18.3 Å². The van der Waals surface area contributed by atoms with Gasteiger partial charge in [-0.1, -0.05) is 6.92 Å². The van der Waals surface area contributed by atoms with Crippen LogP contribution in [0.5, 0.6) is 0 Å². The highest BCUT2D eigenvalue weighted by molar-refractivity contribution is 9.11. The number of aliphatic hydroxyl groups is 1. The highest BCUT2D eigenvalue weighted by atomic mass is 79.9. The fourth-order valence-corrected chi connectivity index (χ4v) is 2.44. The van der Waals surface area contributed by atoms with Crippen LogP contribution in [0.15, 0.2) is 21.2 Å². The van der Waals surface area contributed by atoms with Gasteiger partial charge in [-0.25, -0.2) is 0 Å². The van der Waals surface area contributed by atoms with E-state index in [9.17, 15) is 0 Å². The average molecular weight is 324 g/mol. The molecule has 0 aliphatic heterocycles. The summed E-state index contributed by atoms with van der Waals surface area (Å²) in [7, 11) is 0. The van der Waals surface area contributed by atoms with Crippen molar-refractivity contribution in [3.05, 3.63) is 26.9 Å². The third-order valence-electron chi connectivity index (χ3n) is 1.80. The van der Waals surface area contributed by atoms with Gasteiger partial charge in [0.1, 0.15) is 0 Å². The summed E-state index contributed by atoms with van der Waals surface area (Å²) in [5, 5.41) is 12.3. The molecule has 1 aromatic rings. The number of nitrogens with zero attached hydrogens (tertiary/aromatic N) is 1. The topological polar surface area (TPSA) is 45.1 Å². The highest BCUT2D eigenvalue weighted by Gasteiger charge is 2.13.